The van der Waals surface area contributed by atoms with Crippen LogP contribution in [0.25, 0.3) is 20.4 Å². The van der Waals surface area contributed by atoms with Crippen LogP contribution in [-0.2, 0) is 67.2 Å². The molecule has 0 radical (unpaired) electrons. The van der Waals surface area contributed by atoms with E-state index < -0.39 is 145 Å². The van der Waals surface area contributed by atoms with Gasteiger partial charge in [-0.1, -0.05) is 61.0 Å². The van der Waals surface area contributed by atoms with Crippen LogP contribution in [0, 0.1) is 22.7 Å². The molecule has 570 valence electrons. The van der Waals surface area contributed by atoms with E-state index in [9.17, 15) is 55.2 Å². The number of carbonyl (C=O) groups excluding carboxylic acids is 8. The van der Waals surface area contributed by atoms with Crippen LogP contribution in [0.1, 0.15) is 171 Å². The van der Waals surface area contributed by atoms with Gasteiger partial charge in [-0.15, -0.1) is 29.3 Å². The van der Waals surface area contributed by atoms with Crippen LogP contribution in [-0.4, -0.2) is 182 Å². The van der Waals surface area contributed by atoms with Crippen molar-refractivity contribution < 1.29 is 92.0 Å². The molecular formula is C70H96N10O20S4. The van der Waals surface area contributed by atoms with Gasteiger partial charge < -0.3 is 59.5 Å². The van der Waals surface area contributed by atoms with Crippen LogP contribution in [0.2, 0.25) is 0 Å². The summed E-state index contributed by atoms with van der Waals surface area (Å²) in [5, 5.41) is 14.9. The predicted molar refractivity (Wildman–Crippen MR) is 382 cm³/mol. The summed E-state index contributed by atoms with van der Waals surface area (Å²) < 4.78 is 101. The summed E-state index contributed by atoms with van der Waals surface area (Å²) in [6, 6.07) is 2.60. The predicted octanol–water partition coefficient (Wildman–Crippen LogP) is 7.68. The van der Waals surface area contributed by atoms with Crippen molar-refractivity contribution in [1.29, 1.82) is 0 Å². The van der Waals surface area contributed by atoms with Gasteiger partial charge in [0.15, 0.2) is 0 Å². The fourth-order valence-corrected chi connectivity index (χ4v) is 17.5. The summed E-state index contributed by atoms with van der Waals surface area (Å²) in [5.41, 5.74) is -3.37. The minimum Gasteiger partial charge on any atom is -0.487 e. The second kappa shape index (κ2) is 31.4. The lowest BCUT2D eigenvalue weighted by Gasteiger charge is -2.35. The third-order valence-electron chi connectivity index (χ3n) is 19.9. The van der Waals surface area contributed by atoms with Crippen molar-refractivity contribution >= 4 is 111 Å². The molecular weight excluding hydrogens is 1430 g/mol. The van der Waals surface area contributed by atoms with Crippen molar-refractivity contribution in [3.63, 3.8) is 0 Å². The molecule has 2 saturated heterocycles. The molecule has 2 aliphatic heterocycles. The molecule has 8 fully saturated rings. The van der Waals surface area contributed by atoms with E-state index in [0.717, 1.165) is 60.8 Å². The first kappa shape index (κ1) is 77.4. The van der Waals surface area contributed by atoms with E-state index in [1.165, 1.54) is 38.5 Å². The van der Waals surface area contributed by atoms with Gasteiger partial charge in [0.25, 0.3) is 11.8 Å². The minimum atomic E-state index is -4.42. The first-order valence-electron chi connectivity index (χ1n) is 35.9. The maximum Gasteiger partial charge on any atom is 0.408 e. The smallest absolute Gasteiger partial charge is 0.408 e. The molecule has 0 aromatic carbocycles. The SMILES string of the molecule is C=C[C@@H]1C[C@]1(NC(=O)[C@@H]1C[C@@H](Oc2cc(OCC)nc3ccsc23)CN1C(=O)[C@@H](NC(=O)OC1CCCC1)C(C)(C)C)C(=O)NS(=O)(=O)OC1CC1.CCOc1cc(O[C@@H]2C[C@@H](C(=O)N[C@]3(C(=O)NS(=O)(=O)OC4CC4)C[C@H]3CC)N(C(=O)[C@@H](NC(=O)OC3CCCC3)C(C)(C)C)C2)c2sccc2n1. The van der Waals surface area contributed by atoms with E-state index in [-0.39, 0.29) is 56.9 Å². The minimum absolute atomic E-state index is 0.0119. The second-order valence-electron chi connectivity index (χ2n) is 30.2. The lowest BCUT2D eigenvalue weighted by atomic mass is 9.85. The number of aromatic nitrogens is 2. The van der Waals surface area contributed by atoms with Gasteiger partial charge in [-0.2, -0.15) is 16.8 Å². The highest BCUT2D eigenvalue weighted by Crippen LogP contribution is 2.48. The Kier molecular flexibility index (Phi) is 23.4. The van der Waals surface area contributed by atoms with E-state index in [2.05, 4.69) is 37.8 Å². The second-order valence-corrected chi connectivity index (χ2v) is 34.6. The van der Waals surface area contributed by atoms with Gasteiger partial charge in [-0.05, 0) is 143 Å². The van der Waals surface area contributed by atoms with Gasteiger partial charge in [-0.25, -0.2) is 29.0 Å². The molecule has 34 heteroatoms. The molecule has 6 N–H and O–H groups in total. The largest absolute Gasteiger partial charge is 0.487 e. The molecule has 12 rings (SSSR count). The summed E-state index contributed by atoms with van der Waals surface area (Å²) in [6.45, 7) is 20.8. The zero-order valence-electron chi connectivity index (χ0n) is 60.1. The number of alkyl carbamates (subject to hydrolysis) is 2. The number of carbonyl (C=O) groups is 8. The van der Waals surface area contributed by atoms with Gasteiger partial charge in [0.1, 0.15) is 71.2 Å². The van der Waals surface area contributed by atoms with Crippen molar-refractivity contribution in [3.8, 4) is 23.3 Å². The standard InChI is InChI=1S/C35H49N5O10S2.C35H47N5O10S2/c2*1-6-20-18-35(20,32(43)39-52(45,46)50-22-12-13-22)38-30(41)25-16-23(48-26-17-27(47-7-2)36-24-14-15-51-28(24)26)19-40(25)31(42)29(34(3,4)5)37-33(44)49-21-10-8-9-11-21/h14-15,17,20-23,25,29H,6-13,16,18-19H2,1-5H3,(H,37,44)(H,38,41)(H,39,43);6,14-15,17,20-23,25,29H,1,7-13,16,18-19H2,2-5H3,(H,37,44)(H,38,41)(H,39,43)/t2*20-,23-,25+,29-,35-/m11/s1. The van der Waals surface area contributed by atoms with E-state index in [1.807, 2.05) is 73.9 Å². The highest BCUT2D eigenvalue weighted by molar-refractivity contribution is 7.85. The van der Waals surface area contributed by atoms with Gasteiger partial charge >= 0.3 is 32.8 Å². The quantitative estimate of drug-likeness (QED) is 0.0297. The van der Waals surface area contributed by atoms with Crippen molar-refractivity contribution in [3.05, 3.63) is 47.7 Å². The summed E-state index contributed by atoms with van der Waals surface area (Å²) in [6.07, 6.45) is 7.31. The molecule has 6 saturated carbocycles. The van der Waals surface area contributed by atoms with Crippen LogP contribution in [0.4, 0.5) is 9.59 Å². The molecule has 4 aromatic rings. The van der Waals surface area contributed by atoms with Gasteiger partial charge in [0, 0.05) is 30.9 Å². The molecule has 6 heterocycles. The number of fused-ring (bicyclic) bond motifs is 2. The maximum absolute atomic E-state index is 14.5. The number of rotatable bonds is 28. The van der Waals surface area contributed by atoms with E-state index in [1.54, 1.807) is 32.9 Å². The zero-order valence-corrected chi connectivity index (χ0v) is 63.4. The third-order valence-corrected chi connectivity index (χ3v) is 23.6. The summed E-state index contributed by atoms with van der Waals surface area (Å²) >= 11 is 2.85. The molecule has 8 aliphatic rings. The molecule has 8 amide bonds. The van der Waals surface area contributed by atoms with Gasteiger partial charge in [0.2, 0.25) is 35.4 Å². The van der Waals surface area contributed by atoms with Crippen molar-refractivity contribution in [2.75, 3.05) is 26.3 Å². The number of likely N-dealkylation sites (tertiary alicyclic amines) is 2. The maximum atomic E-state index is 14.5. The average molecular weight is 1530 g/mol. The first-order chi connectivity index (χ1) is 49.2. The Balaban J connectivity index is 0.000000208. The molecule has 0 unspecified atom stereocenters. The number of thiophene rings is 2. The van der Waals surface area contributed by atoms with Crippen LogP contribution in [0.5, 0.6) is 23.3 Å². The summed E-state index contributed by atoms with van der Waals surface area (Å²) in [4.78, 5) is 123. The van der Waals surface area contributed by atoms with Crippen molar-refractivity contribution in [1.82, 2.24) is 50.5 Å². The zero-order chi connectivity index (χ0) is 74.8. The van der Waals surface area contributed by atoms with Gasteiger partial charge in [-0.3, -0.25) is 37.1 Å². The number of amides is 8. The van der Waals surface area contributed by atoms with E-state index in [0.29, 0.717) is 79.6 Å². The molecule has 0 spiro atoms. The number of hydrogen-bond acceptors (Lipinski definition) is 24. The number of ether oxygens (including phenoxy) is 6. The lowest BCUT2D eigenvalue weighted by molar-refractivity contribution is -0.143. The number of pyridine rings is 2. The van der Waals surface area contributed by atoms with Gasteiger partial charge in [0.05, 0.1) is 58.9 Å². The number of nitrogens with one attached hydrogen (secondary N) is 6. The fraction of sp³-hybridized carbons (Fsp3) is 0.657. The topological polar surface area (TPSA) is 383 Å². The van der Waals surface area contributed by atoms with E-state index in [4.69, 9.17) is 36.8 Å². The normalized spacial score (nSPS) is 25.4. The third kappa shape index (κ3) is 18.6. The highest BCUT2D eigenvalue weighted by Gasteiger charge is 2.64. The Morgan fingerprint density at radius 2 is 0.990 bits per heavy atom. The summed E-state index contributed by atoms with van der Waals surface area (Å²) in [5.74, 6) is -3.45. The summed E-state index contributed by atoms with van der Waals surface area (Å²) in [7, 11) is -8.81. The number of hydrogen-bond donors (Lipinski definition) is 6. The molecule has 6 aliphatic carbocycles. The Morgan fingerprint density at radius 1 is 0.587 bits per heavy atom. The van der Waals surface area contributed by atoms with Crippen LogP contribution < -0.4 is 49.7 Å². The Bertz CT molecular complexity index is 4120. The van der Waals surface area contributed by atoms with Crippen LogP contribution in [0.15, 0.2) is 47.7 Å². The molecule has 10 atom stereocenters. The fourth-order valence-electron chi connectivity index (χ4n) is 13.9. The average Bonchev–Trinajstić information content (AvgIpc) is 1.58. The Labute approximate surface area is 613 Å². The Hall–Kier alpha value is -7.66. The Morgan fingerprint density at radius 3 is 1.35 bits per heavy atom. The molecule has 104 heavy (non-hydrogen) atoms. The molecule has 30 nitrogen and oxygen atoms in total. The van der Waals surface area contributed by atoms with Crippen molar-refractivity contribution in [2.45, 2.75) is 243 Å². The first-order valence-corrected chi connectivity index (χ1v) is 40.5. The molecule has 0 bridgehead atoms. The van der Waals surface area contributed by atoms with Crippen molar-refractivity contribution in [2.24, 2.45) is 22.7 Å². The number of nitrogens with zero attached hydrogens (tertiary/aromatic N) is 4. The lowest BCUT2D eigenvalue weighted by Crippen LogP contribution is -2.60. The monoisotopic (exact) mass is 1520 g/mol. The van der Waals surface area contributed by atoms with E-state index >= 15 is 0 Å². The van der Waals surface area contributed by atoms with Crippen LogP contribution in [0.3, 0.4) is 0 Å². The molecule has 4 aromatic heterocycles. The highest BCUT2D eigenvalue weighted by atomic mass is 32.2. The van der Waals surface area contributed by atoms with Crippen LogP contribution >= 0.6 is 22.7 Å².